The van der Waals surface area contributed by atoms with Crippen LogP contribution in [0.3, 0.4) is 0 Å². The van der Waals surface area contributed by atoms with E-state index in [1.165, 1.54) is 6.07 Å². The monoisotopic (exact) mass is 397 g/mol. The predicted molar refractivity (Wildman–Crippen MR) is 87.8 cm³/mol. The van der Waals surface area contributed by atoms with Crippen LogP contribution in [0.5, 0.6) is 0 Å². The van der Waals surface area contributed by atoms with Gasteiger partial charge in [0, 0.05) is 6.08 Å². The molecule has 0 radical (unpaired) electrons. The van der Waals surface area contributed by atoms with Crippen LogP contribution in [0.4, 0.5) is 13.2 Å². The minimum atomic E-state index is -6.16. The van der Waals surface area contributed by atoms with Gasteiger partial charge in [0.05, 0.1) is 5.57 Å². The predicted octanol–water partition coefficient (Wildman–Crippen LogP) is 2.89. The van der Waals surface area contributed by atoms with Crippen LogP contribution < -0.4 is 0 Å². The molecule has 10 heteroatoms. The highest BCUT2D eigenvalue weighted by atomic mass is 32.2. The van der Waals surface area contributed by atoms with Crippen molar-refractivity contribution in [2.75, 3.05) is 0 Å². The van der Waals surface area contributed by atoms with E-state index in [1.54, 1.807) is 48.5 Å². The lowest BCUT2D eigenvalue weighted by atomic mass is 9.94. The molecule has 0 unspecified atom stereocenters. The van der Waals surface area contributed by atoms with Crippen molar-refractivity contribution in [3.63, 3.8) is 0 Å². The van der Waals surface area contributed by atoms with Gasteiger partial charge in [0.15, 0.2) is 0 Å². The smallest absolute Gasteiger partial charge is 0.267 e. The minimum Gasteiger partial charge on any atom is -0.267 e. The first-order valence-corrected chi connectivity index (χ1v) is 8.78. The van der Waals surface area contributed by atoms with E-state index in [4.69, 9.17) is 0 Å². The first-order valence-electron chi connectivity index (χ1n) is 7.37. The third kappa shape index (κ3) is 3.49. The van der Waals surface area contributed by atoms with Crippen LogP contribution in [0.2, 0.25) is 0 Å². The lowest BCUT2D eigenvalue weighted by molar-refractivity contribution is -0.164. The number of alkyl halides is 3. The van der Waals surface area contributed by atoms with Crippen molar-refractivity contribution < 1.29 is 35.5 Å². The Kier molecular flexibility index (Phi) is 4.62. The number of rotatable bonds is 4. The van der Waals surface area contributed by atoms with Gasteiger partial charge < -0.3 is 0 Å². The van der Waals surface area contributed by atoms with E-state index < -0.39 is 32.5 Å². The Morgan fingerprint density at radius 1 is 0.852 bits per heavy atom. The standard InChI is InChI=1S/C17H10F3NO5S/c18-17(19,20)27(24,25)26-21-15(22)10-14(16(21)23)13-9-5-4-8-12(13)11-6-2-1-3-7-11/h1-10H. The number of amides is 2. The topological polar surface area (TPSA) is 80.8 Å². The van der Waals surface area contributed by atoms with Gasteiger partial charge in [0.2, 0.25) is 0 Å². The molecule has 27 heavy (non-hydrogen) atoms. The highest BCUT2D eigenvalue weighted by Gasteiger charge is 2.51. The van der Waals surface area contributed by atoms with E-state index >= 15 is 0 Å². The molecule has 0 aliphatic carbocycles. The van der Waals surface area contributed by atoms with Gasteiger partial charge in [-0.05, 0) is 16.7 Å². The first-order chi connectivity index (χ1) is 12.6. The number of benzene rings is 2. The fourth-order valence-electron chi connectivity index (χ4n) is 2.44. The lowest BCUT2D eigenvalue weighted by Crippen LogP contribution is -2.38. The van der Waals surface area contributed by atoms with Gasteiger partial charge in [-0.25, -0.2) is 0 Å². The van der Waals surface area contributed by atoms with E-state index in [9.17, 15) is 31.2 Å². The SMILES string of the molecule is O=C1C=C(c2ccccc2-c2ccccc2)C(=O)N1OS(=O)(=O)C(F)(F)F. The Morgan fingerprint density at radius 3 is 2.00 bits per heavy atom. The summed E-state index contributed by atoms with van der Waals surface area (Å²) in [6.45, 7) is 0. The van der Waals surface area contributed by atoms with Crippen LogP contribution in [-0.4, -0.2) is 30.8 Å². The van der Waals surface area contributed by atoms with Gasteiger partial charge in [-0.2, -0.15) is 21.6 Å². The van der Waals surface area contributed by atoms with Gasteiger partial charge in [0.1, 0.15) is 0 Å². The number of hydrogen-bond donors (Lipinski definition) is 0. The summed E-state index contributed by atoms with van der Waals surface area (Å²) in [7, 11) is -6.16. The first kappa shape index (κ1) is 18.8. The Labute approximate surface area is 151 Å². The summed E-state index contributed by atoms with van der Waals surface area (Å²) in [6.07, 6.45) is 0.732. The van der Waals surface area contributed by atoms with Gasteiger partial charge in [0.25, 0.3) is 11.8 Å². The summed E-state index contributed by atoms with van der Waals surface area (Å²) in [5.41, 5.74) is -4.59. The van der Waals surface area contributed by atoms with Crippen molar-refractivity contribution >= 4 is 27.5 Å². The largest absolute Gasteiger partial charge is 0.525 e. The number of imide groups is 1. The molecule has 140 valence electrons. The van der Waals surface area contributed by atoms with Crippen molar-refractivity contribution in [1.29, 1.82) is 0 Å². The highest BCUT2D eigenvalue weighted by molar-refractivity contribution is 7.87. The summed E-state index contributed by atoms with van der Waals surface area (Å²) in [5, 5.41) is -0.417. The van der Waals surface area contributed by atoms with Crippen LogP contribution in [0, 0.1) is 0 Å². The zero-order valence-corrected chi connectivity index (χ0v) is 14.1. The van der Waals surface area contributed by atoms with Gasteiger partial charge in [-0.1, -0.05) is 54.6 Å². The summed E-state index contributed by atoms with van der Waals surface area (Å²) < 4.78 is 63.3. The number of halogens is 3. The van der Waals surface area contributed by atoms with E-state index in [1.807, 2.05) is 0 Å². The molecule has 0 aromatic heterocycles. The number of hydroxylamine groups is 2. The van der Waals surface area contributed by atoms with E-state index in [0.717, 1.165) is 6.08 Å². The van der Waals surface area contributed by atoms with Crippen molar-refractivity contribution in [2.45, 2.75) is 5.51 Å². The fourth-order valence-corrected chi connectivity index (χ4v) is 2.87. The molecule has 0 saturated carbocycles. The van der Waals surface area contributed by atoms with Crippen molar-refractivity contribution in [1.82, 2.24) is 5.06 Å². The molecule has 6 nitrogen and oxygen atoms in total. The van der Waals surface area contributed by atoms with Gasteiger partial charge in [-0.3, -0.25) is 9.59 Å². The van der Waals surface area contributed by atoms with E-state index in [0.29, 0.717) is 11.1 Å². The quantitative estimate of drug-likeness (QED) is 0.586. The normalized spacial score (nSPS) is 15.2. The van der Waals surface area contributed by atoms with Crippen molar-refractivity contribution in [3.05, 3.63) is 66.2 Å². The second-order valence-electron chi connectivity index (χ2n) is 5.38. The maximum atomic E-state index is 12.5. The Balaban J connectivity index is 1.99. The van der Waals surface area contributed by atoms with Crippen molar-refractivity contribution in [3.8, 4) is 11.1 Å². The molecule has 1 aliphatic rings. The average molecular weight is 397 g/mol. The number of carbonyl (C=O) groups is 2. The molecule has 2 aromatic rings. The number of hydrogen-bond acceptors (Lipinski definition) is 5. The Morgan fingerprint density at radius 2 is 1.41 bits per heavy atom. The second kappa shape index (κ2) is 6.63. The molecule has 1 heterocycles. The third-order valence-corrected chi connectivity index (χ3v) is 4.55. The summed E-state index contributed by atoms with van der Waals surface area (Å²) >= 11 is 0. The molecule has 0 N–H and O–H groups in total. The second-order valence-corrected chi connectivity index (χ2v) is 6.90. The van der Waals surface area contributed by atoms with Crippen LogP contribution in [0.15, 0.2) is 60.7 Å². The Bertz CT molecular complexity index is 1050. The molecule has 0 fully saturated rings. The molecule has 1 aliphatic heterocycles. The van der Waals surface area contributed by atoms with Crippen LogP contribution in [0.1, 0.15) is 5.56 Å². The molecule has 0 atom stereocenters. The van der Waals surface area contributed by atoms with Crippen LogP contribution in [0.25, 0.3) is 16.7 Å². The number of nitrogens with zero attached hydrogens (tertiary/aromatic N) is 1. The molecule has 0 spiro atoms. The molecule has 3 rings (SSSR count). The molecule has 2 amide bonds. The molecule has 2 aromatic carbocycles. The van der Waals surface area contributed by atoms with Crippen LogP contribution >= 0.6 is 0 Å². The summed E-state index contributed by atoms with van der Waals surface area (Å²) in [4.78, 5) is 24.3. The minimum absolute atomic E-state index is 0.248. The Hall–Kier alpha value is -2.98. The zero-order valence-electron chi connectivity index (χ0n) is 13.3. The molecule has 0 bridgehead atoms. The molecular weight excluding hydrogens is 387 g/mol. The van der Waals surface area contributed by atoms with Crippen molar-refractivity contribution in [2.24, 2.45) is 0 Å². The van der Waals surface area contributed by atoms with E-state index in [2.05, 4.69) is 4.28 Å². The summed E-state index contributed by atoms with van der Waals surface area (Å²) in [6, 6.07) is 15.1. The fraction of sp³-hybridized carbons (Fsp3) is 0.0588. The number of carbonyl (C=O) groups excluding carboxylic acids is 2. The zero-order chi connectivity index (χ0) is 19.8. The molecular formula is C17H10F3NO5S. The van der Waals surface area contributed by atoms with Crippen LogP contribution in [-0.2, 0) is 24.0 Å². The van der Waals surface area contributed by atoms with Gasteiger partial charge >= 0.3 is 15.6 Å². The third-order valence-electron chi connectivity index (χ3n) is 3.64. The maximum Gasteiger partial charge on any atom is 0.525 e. The van der Waals surface area contributed by atoms with Gasteiger partial charge in [-0.15, -0.1) is 9.35 Å². The highest BCUT2D eigenvalue weighted by Crippen LogP contribution is 2.34. The average Bonchev–Trinajstić information content (AvgIpc) is 2.89. The van der Waals surface area contributed by atoms with E-state index in [-0.39, 0.29) is 11.1 Å². The summed E-state index contributed by atoms with van der Waals surface area (Å²) in [5.74, 6) is -2.64. The lowest BCUT2D eigenvalue weighted by Gasteiger charge is -2.16. The maximum absolute atomic E-state index is 12.5. The molecule has 0 saturated heterocycles.